The summed E-state index contributed by atoms with van der Waals surface area (Å²) in [6.07, 6.45) is 0. The van der Waals surface area contributed by atoms with Crippen LogP contribution < -0.4 is 0 Å². The quantitative estimate of drug-likeness (QED) is 0.363. The van der Waals surface area contributed by atoms with Gasteiger partial charge in [0.1, 0.15) is 0 Å². The van der Waals surface area contributed by atoms with Crippen LogP contribution in [0.15, 0.2) is 60.7 Å². The van der Waals surface area contributed by atoms with Crippen molar-refractivity contribution in [3.8, 4) is 0 Å². The van der Waals surface area contributed by atoms with Gasteiger partial charge in [-0.1, -0.05) is 0 Å². The maximum Gasteiger partial charge on any atom is 2.00 e. The van der Waals surface area contributed by atoms with E-state index in [0.29, 0.717) is 0 Å². The van der Waals surface area contributed by atoms with E-state index in [1.165, 1.54) is 0 Å². The normalized spacial score (nSPS) is 6.67. The predicted octanol–water partition coefficient (Wildman–Crippen LogP) is 2.87. The van der Waals surface area contributed by atoms with Gasteiger partial charge in [0, 0.05) is 0 Å². The Morgan fingerprint density at radius 2 is 0.833 bits per heavy atom. The van der Waals surface area contributed by atoms with Crippen LogP contribution in [0.2, 0.25) is 0 Å². The van der Waals surface area contributed by atoms with E-state index in [-0.39, 0.29) is 27.0 Å². The fourth-order valence-electron chi connectivity index (χ4n) is 0.642. The third kappa shape index (κ3) is 7.75. The average molecular weight is 220 g/mol. The molecule has 0 heterocycles. The summed E-state index contributed by atoms with van der Waals surface area (Å²) < 4.78 is 0. The van der Waals surface area contributed by atoms with Crippen LogP contribution in [-0.2, 0) is 17.1 Å². The largest absolute Gasteiger partial charge is 2.00 e. The van der Waals surface area contributed by atoms with Crippen LogP contribution in [0.1, 0.15) is 0 Å². The molecule has 0 aromatic heterocycles. The summed E-state index contributed by atoms with van der Waals surface area (Å²) >= 11 is 0. The molecule has 66 valence electrons. The van der Waals surface area contributed by atoms with E-state index in [9.17, 15) is 0 Å². The molecule has 0 amide bonds. The Morgan fingerprint density at radius 3 is 0.917 bits per heavy atom. The second kappa shape index (κ2) is 10.6. The molecule has 0 N–H and O–H groups in total. The maximum atomic E-state index is 2.00. The van der Waals surface area contributed by atoms with E-state index in [2.05, 4.69) is 0 Å². The topological polar surface area (TPSA) is 0 Å². The first-order valence-electron chi connectivity index (χ1n) is 3.33. The fraction of sp³-hybridized carbons (Fsp3) is 0. The standard InChI is InChI=1S/2C5H5.Fe.H3P/c2*1-2-4-5-3-1;;/h2*1-5H;;1H3/q2*-1;+2;. The summed E-state index contributed by atoms with van der Waals surface area (Å²) in [5, 5.41) is 0. The monoisotopic (exact) mass is 220 g/mol. The van der Waals surface area contributed by atoms with Crippen molar-refractivity contribution in [2.75, 3.05) is 0 Å². The zero-order valence-electron chi connectivity index (χ0n) is 6.83. The van der Waals surface area contributed by atoms with E-state index >= 15 is 0 Å². The van der Waals surface area contributed by atoms with Gasteiger partial charge in [0.05, 0.1) is 0 Å². The number of rotatable bonds is 0. The Hall–Kier alpha value is -0.351. The molecule has 0 saturated carbocycles. The molecule has 0 fully saturated rings. The van der Waals surface area contributed by atoms with Crippen molar-refractivity contribution in [1.29, 1.82) is 0 Å². The molecule has 2 aromatic rings. The molecule has 1 unspecified atom stereocenters. The predicted molar refractivity (Wildman–Crippen MR) is 55.2 cm³/mol. The van der Waals surface area contributed by atoms with Crippen LogP contribution in [0.25, 0.3) is 0 Å². The van der Waals surface area contributed by atoms with Crippen molar-refractivity contribution in [2.45, 2.75) is 0 Å². The molecule has 0 radical (unpaired) electrons. The Balaban J connectivity index is 0. The van der Waals surface area contributed by atoms with Crippen LogP contribution in [0.3, 0.4) is 0 Å². The summed E-state index contributed by atoms with van der Waals surface area (Å²) in [6.45, 7) is 0. The molecule has 2 rings (SSSR count). The van der Waals surface area contributed by atoms with Gasteiger partial charge in [0.15, 0.2) is 0 Å². The number of hydrogen-bond donors (Lipinski definition) is 0. The smallest absolute Gasteiger partial charge is 0.214 e. The molecule has 2 heteroatoms. The molecule has 0 bridgehead atoms. The Kier molecular flexibility index (Phi) is 12.6. The minimum Gasteiger partial charge on any atom is -0.214 e. The van der Waals surface area contributed by atoms with Gasteiger partial charge in [-0.3, -0.25) is 0 Å². The first kappa shape index (κ1) is 14.2. The minimum atomic E-state index is 0. The zero-order chi connectivity index (χ0) is 7.07. The molecule has 0 aliphatic heterocycles. The summed E-state index contributed by atoms with van der Waals surface area (Å²) in [4.78, 5) is 0. The molecule has 12 heavy (non-hydrogen) atoms. The molecule has 0 aliphatic rings. The van der Waals surface area contributed by atoms with Crippen LogP contribution in [0, 0.1) is 0 Å². The van der Waals surface area contributed by atoms with Crippen LogP contribution in [0.4, 0.5) is 0 Å². The molecule has 0 nitrogen and oxygen atoms in total. The third-order valence-electron chi connectivity index (χ3n) is 1.11. The van der Waals surface area contributed by atoms with Crippen molar-refractivity contribution in [3.05, 3.63) is 60.7 Å². The molecule has 0 saturated heterocycles. The van der Waals surface area contributed by atoms with Crippen LogP contribution in [-0.4, -0.2) is 0 Å². The molecular formula is C10H13FeP. The van der Waals surface area contributed by atoms with Gasteiger partial charge >= 0.3 is 17.1 Å². The van der Waals surface area contributed by atoms with Crippen molar-refractivity contribution in [1.82, 2.24) is 0 Å². The van der Waals surface area contributed by atoms with Crippen molar-refractivity contribution < 1.29 is 17.1 Å². The fourth-order valence-corrected chi connectivity index (χ4v) is 0.642. The summed E-state index contributed by atoms with van der Waals surface area (Å²) in [5.74, 6) is 0. The Morgan fingerprint density at radius 1 is 0.583 bits per heavy atom. The molecule has 1 atom stereocenters. The molecule has 2 aromatic carbocycles. The summed E-state index contributed by atoms with van der Waals surface area (Å²) in [7, 11) is 0. The van der Waals surface area contributed by atoms with E-state index in [4.69, 9.17) is 0 Å². The maximum absolute atomic E-state index is 2.00. The Labute approximate surface area is 87.8 Å². The summed E-state index contributed by atoms with van der Waals surface area (Å²) in [5.41, 5.74) is 0. The van der Waals surface area contributed by atoms with E-state index in [1.54, 1.807) is 0 Å². The van der Waals surface area contributed by atoms with Gasteiger partial charge in [-0.05, 0) is 0 Å². The van der Waals surface area contributed by atoms with Gasteiger partial charge in [0.25, 0.3) is 0 Å². The van der Waals surface area contributed by atoms with E-state index in [1.807, 2.05) is 60.7 Å². The van der Waals surface area contributed by atoms with Crippen molar-refractivity contribution in [2.24, 2.45) is 0 Å². The number of hydrogen-bond acceptors (Lipinski definition) is 0. The van der Waals surface area contributed by atoms with E-state index < -0.39 is 0 Å². The van der Waals surface area contributed by atoms with Gasteiger partial charge in [0.2, 0.25) is 0 Å². The van der Waals surface area contributed by atoms with Gasteiger partial charge < -0.3 is 0 Å². The molecule has 0 aliphatic carbocycles. The van der Waals surface area contributed by atoms with Gasteiger partial charge in [-0.25, -0.2) is 24.3 Å². The van der Waals surface area contributed by atoms with Crippen LogP contribution >= 0.6 is 9.90 Å². The van der Waals surface area contributed by atoms with Crippen molar-refractivity contribution in [3.63, 3.8) is 0 Å². The average Bonchev–Trinajstić information content (AvgIpc) is 2.67. The first-order chi connectivity index (χ1) is 5.00. The van der Waals surface area contributed by atoms with Gasteiger partial charge in [-0.2, -0.15) is 46.3 Å². The first-order valence-corrected chi connectivity index (χ1v) is 3.33. The molecule has 0 spiro atoms. The van der Waals surface area contributed by atoms with Crippen molar-refractivity contribution >= 4 is 9.90 Å². The summed E-state index contributed by atoms with van der Waals surface area (Å²) in [6, 6.07) is 20.0. The SMILES string of the molecule is P.[Fe+2].c1cc[cH-]c1.c1cc[cH-]c1. The van der Waals surface area contributed by atoms with Gasteiger partial charge in [-0.15, -0.1) is 0 Å². The third-order valence-corrected chi connectivity index (χ3v) is 1.11. The minimum absolute atomic E-state index is 0. The Bertz CT molecular complexity index is 149. The molecular weight excluding hydrogens is 207 g/mol. The second-order valence-electron chi connectivity index (χ2n) is 1.92. The second-order valence-corrected chi connectivity index (χ2v) is 1.92. The zero-order valence-corrected chi connectivity index (χ0v) is 9.35. The van der Waals surface area contributed by atoms with Crippen LogP contribution in [0.5, 0.6) is 0 Å². The van der Waals surface area contributed by atoms with E-state index in [0.717, 1.165) is 0 Å².